The molecule has 8 nitrogen and oxygen atoms in total. The highest BCUT2D eigenvalue weighted by Crippen LogP contribution is 2.17. The monoisotopic (exact) mass is 322 g/mol. The molecule has 1 aromatic rings. The number of aromatic nitrogens is 2. The van der Waals surface area contributed by atoms with Gasteiger partial charge in [0.25, 0.3) is 0 Å². The Morgan fingerprint density at radius 1 is 1.26 bits per heavy atom. The first kappa shape index (κ1) is 15.3. The van der Waals surface area contributed by atoms with E-state index in [-0.39, 0.29) is 49.2 Å². The number of carbonyl (C=O) groups is 3. The minimum absolute atomic E-state index is 0.0515. The molecule has 0 radical (unpaired) electrons. The van der Waals surface area contributed by atoms with E-state index in [0.717, 1.165) is 17.3 Å². The minimum Gasteiger partial charge on any atom is -0.458 e. The molecule has 9 heteroatoms. The van der Waals surface area contributed by atoms with Crippen LogP contribution in [-0.4, -0.2) is 63.2 Å². The van der Waals surface area contributed by atoms with Gasteiger partial charge in [-0.3, -0.25) is 19.3 Å². The molecular weight excluding hydrogens is 307 g/mol. The quantitative estimate of drug-likeness (QED) is 0.710. The molecule has 0 aromatic carbocycles. The van der Waals surface area contributed by atoms with Crippen LogP contribution in [0.25, 0.3) is 0 Å². The van der Waals surface area contributed by atoms with Crippen LogP contribution in [0.1, 0.15) is 19.3 Å². The molecule has 1 aromatic heterocycles. The third-order valence-corrected chi connectivity index (χ3v) is 3.81. The molecule has 0 spiro atoms. The van der Waals surface area contributed by atoms with Crippen molar-refractivity contribution in [3.05, 3.63) is 18.2 Å². The van der Waals surface area contributed by atoms with E-state index >= 15 is 0 Å². The van der Waals surface area contributed by atoms with Gasteiger partial charge in [0.05, 0.1) is 18.9 Å². The van der Waals surface area contributed by atoms with Crippen LogP contribution in [0.2, 0.25) is 0 Å². The molecule has 3 amide bonds. The maximum Gasteiger partial charge on any atom is 0.316 e. The first-order valence-electron chi connectivity index (χ1n) is 7.28. The van der Waals surface area contributed by atoms with Gasteiger partial charge in [-0.2, -0.15) is 0 Å². The van der Waals surface area contributed by atoms with Gasteiger partial charge in [0.1, 0.15) is 12.6 Å². The van der Waals surface area contributed by atoms with E-state index in [9.17, 15) is 18.8 Å². The first-order chi connectivity index (χ1) is 11.0. The molecule has 3 rings (SSSR count). The van der Waals surface area contributed by atoms with Gasteiger partial charge in [0.2, 0.25) is 17.7 Å². The summed E-state index contributed by atoms with van der Waals surface area (Å²) < 4.78 is 18.2. The lowest BCUT2D eigenvalue weighted by atomic mass is 10.3. The van der Waals surface area contributed by atoms with Crippen molar-refractivity contribution in [3.8, 4) is 6.01 Å². The summed E-state index contributed by atoms with van der Waals surface area (Å²) >= 11 is 0. The van der Waals surface area contributed by atoms with Crippen molar-refractivity contribution >= 4 is 17.7 Å². The van der Waals surface area contributed by atoms with E-state index in [2.05, 4.69) is 9.97 Å². The van der Waals surface area contributed by atoms with Crippen molar-refractivity contribution in [2.45, 2.75) is 25.4 Å². The van der Waals surface area contributed by atoms with E-state index in [0.29, 0.717) is 19.5 Å². The first-order valence-corrected chi connectivity index (χ1v) is 7.28. The van der Waals surface area contributed by atoms with Gasteiger partial charge >= 0.3 is 6.01 Å². The number of hydrogen-bond donors (Lipinski definition) is 0. The summed E-state index contributed by atoms with van der Waals surface area (Å²) in [4.78, 5) is 45.2. The number of rotatable bonds is 4. The van der Waals surface area contributed by atoms with Gasteiger partial charge in [-0.25, -0.2) is 14.4 Å². The molecule has 0 saturated carbocycles. The van der Waals surface area contributed by atoms with Gasteiger partial charge in [-0.1, -0.05) is 0 Å². The number of halogens is 1. The Labute approximate surface area is 131 Å². The van der Waals surface area contributed by atoms with E-state index in [1.807, 2.05) is 0 Å². The Morgan fingerprint density at radius 2 is 1.91 bits per heavy atom. The number of likely N-dealkylation sites (tertiary alicyclic amines) is 2. The second-order valence-corrected chi connectivity index (χ2v) is 5.43. The fraction of sp³-hybridized carbons (Fsp3) is 0.500. The lowest BCUT2D eigenvalue weighted by Crippen LogP contribution is -2.42. The van der Waals surface area contributed by atoms with Gasteiger partial charge in [0.15, 0.2) is 5.82 Å². The van der Waals surface area contributed by atoms with E-state index < -0.39 is 5.82 Å². The van der Waals surface area contributed by atoms with Crippen molar-refractivity contribution in [2.75, 3.05) is 19.6 Å². The van der Waals surface area contributed by atoms with Crippen molar-refractivity contribution in [1.82, 2.24) is 19.8 Å². The van der Waals surface area contributed by atoms with Gasteiger partial charge < -0.3 is 9.64 Å². The molecule has 2 saturated heterocycles. The van der Waals surface area contributed by atoms with Crippen LogP contribution in [0.5, 0.6) is 6.01 Å². The third-order valence-electron chi connectivity index (χ3n) is 3.81. The van der Waals surface area contributed by atoms with Crippen LogP contribution >= 0.6 is 0 Å². The lowest BCUT2D eigenvalue weighted by molar-refractivity contribution is -0.145. The number of carbonyl (C=O) groups excluding carboxylic acids is 3. The average molecular weight is 322 g/mol. The van der Waals surface area contributed by atoms with Crippen LogP contribution in [0.15, 0.2) is 12.4 Å². The Balaban J connectivity index is 1.52. The molecule has 2 fully saturated rings. The summed E-state index contributed by atoms with van der Waals surface area (Å²) in [5.74, 6) is -1.47. The molecule has 122 valence electrons. The topological polar surface area (TPSA) is 92.7 Å². The highest BCUT2D eigenvalue weighted by atomic mass is 19.1. The predicted octanol–water partition coefficient (Wildman–Crippen LogP) is -0.256. The largest absolute Gasteiger partial charge is 0.458 e. The Kier molecular flexibility index (Phi) is 4.18. The van der Waals surface area contributed by atoms with Gasteiger partial charge in [-0.15, -0.1) is 0 Å². The number of ether oxygens (including phenoxy) is 1. The summed E-state index contributed by atoms with van der Waals surface area (Å²) in [5.41, 5.74) is 0. The Bertz CT molecular complexity index is 620. The standard InChI is InChI=1S/C14H15FN4O4/c15-9-5-16-14(17-6-9)23-10-3-4-18(7-10)13(22)8-19-11(20)1-2-12(19)21/h5-6,10H,1-4,7-8H2/t10-/m1/s1. The number of amides is 3. The van der Waals surface area contributed by atoms with Crippen molar-refractivity contribution in [2.24, 2.45) is 0 Å². The van der Waals surface area contributed by atoms with Gasteiger partial charge in [0, 0.05) is 25.8 Å². The van der Waals surface area contributed by atoms with Crippen molar-refractivity contribution in [3.63, 3.8) is 0 Å². The SMILES string of the molecule is O=C(CN1C(=O)CCC1=O)N1CC[C@@H](Oc2ncc(F)cn2)C1. The molecule has 2 aliphatic heterocycles. The van der Waals surface area contributed by atoms with Crippen LogP contribution in [0, 0.1) is 5.82 Å². The van der Waals surface area contributed by atoms with E-state index in [4.69, 9.17) is 4.74 Å². The molecule has 1 atom stereocenters. The van der Waals surface area contributed by atoms with Crippen LogP contribution in [0.3, 0.4) is 0 Å². The van der Waals surface area contributed by atoms with Crippen LogP contribution in [-0.2, 0) is 14.4 Å². The fourth-order valence-electron chi connectivity index (χ4n) is 2.60. The third kappa shape index (κ3) is 3.43. The zero-order chi connectivity index (χ0) is 16.4. The smallest absolute Gasteiger partial charge is 0.316 e. The maximum atomic E-state index is 12.7. The Hall–Kier alpha value is -2.58. The average Bonchev–Trinajstić information content (AvgIpc) is 3.11. The zero-order valence-corrected chi connectivity index (χ0v) is 12.3. The summed E-state index contributed by atoms with van der Waals surface area (Å²) in [7, 11) is 0. The molecule has 0 unspecified atom stereocenters. The van der Waals surface area contributed by atoms with E-state index in [1.54, 1.807) is 0 Å². The molecule has 3 heterocycles. The maximum absolute atomic E-state index is 12.7. The van der Waals surface area contributed by atoms with Crippen molar-refractivity contribution < 1.29 is 23.5 Å². The second kappa shape index (κ2) is 6.27. The summed E-state index contributed by atoms with van der Waals surface area (Å²) in [6.07, 6.45) is 2.62. The van der Waals surface area contributed by atoms with E-state index in [1.165, 1.54) is 4.90 Å². The van der Waals surface area contributed by atoms with Crippen LogP contribution < -0.4 is 4.74 Å². The molecule has 0 bridgehead atoms. The molecule has 23 heavy (non-hydrogen) atoms. The Morgan fingerprint density at radius 3 is 2.57 bits per heavy atom. The summed E-state index contributed by atoms with van der Waals surface area (Å²) in [6, 6.07) is 0.0515. The molecular formula is C14H15FN4O4. The predicted molar refractivity (Wildman–Crippen MR) is 73.6 cm³/mol. The minimum atomic E-state index is -0.555. The molecule has 2 aliphatic rings. The molecule has 0 aliphatic carbocycles. The lowest BCUT2D eigenvalue weighted by Gasteiger charge is -2.20. The number of hydrogen-bond acceptors (Lipinski definition) is 6. The normalized spacial score (nSPS) is 21.2. The summed E-state index contributed by atoms with van der Waals surface area (Å²) in [6.45, 7) is 0.550. The zero-order valence-electron chi connectivity index (χ0n) is 12.3. The highest BCUT2D eigenvalue weighted by molar-refractivity contribution is 6.04. The fourth-order valence-corrected chi connectivity index (χ4v) is 2.60. The van der Waals surface area contributed by atoms with Crippen molar-refractivity contribution in [1.29, 1.82) is 0 Å². The summed E-state index contributed by atoms with van der Waals surface area (Å²) in [5, 5.41) is 0. The second-order valence-electron chi connectivity index (χ2n) is 5.43. The number of nitrogens with zero attached hydrogens (tertiary/aromatic N) is 4. The van der Waals surface area contributed by atoms with Gasteiger partial charge in [-0.05, 0) is 0 Å². The number of imide groups is 1. The highest BCUT2D eigenvalue weighted by Gasteiger charge is 2.34. The molecule has 0 N–H and O–H groups in total. The van der Waals surface area contributed by atoms with Crippen LogP contribution in [0.4, 0.5) is 4.39 Å².